The molecule has 452 valence electrons. The minimum absolute atomic E-state index is 0.133. The summed E-state index contributed by atoms with van der Waals surface area (Å²) in [5, 5.41) is 42.6. The van der Waals surface area contributed by atoms with Crippen LogP contribution in [0.15, 0.2) is 116 Å². The molecule has 2 fully saturated rings. The van der Waals surface area contributed by atoms with Gasteiger partial charge in [0.1, 0.15) is 35.1 Å². The fourth-order valence-corrected chi connectivity index (χ4v) is 11.2. The van der Waals surface area contributed by atoms with Gasteiger partial charge in [-0.2, -0.15) is 0 Å². The number of ether oxygens (including phenoxy) is 2. The third-order valence-electron chi connectivity index (χ3n) is 16.4. The molecular weight excluding hydrogens is 1030 g/mol. The Morgan fingerprint density at radius 3 is 1.45 bits per heavy atom. The van der Waals surface area contributed by atoms with E-state index in [4.69, 9.17) is 9.47 Å². The lowest BCUT2D eigenvalue weighted by Gasteiger charge is -2.36. The van der Waals surface area contributed by atoms with Gasteiger partial charge < -0.3 is 30.3 Å². The zero-order valence-electron chi connectivity index (χ0n) is 51.8. The van der Waals surface area contributed by atoms with Crippen LogP contribution in [0.1, 0.15) is 231 Å². The molecule has 2 aliphatic carbocycles. The Balaban J connectivity index is 0.000000363. The number of aliphatic hydroxyl groups excluding tert-OH is 2. The highest BCUT2D eigenvalue weighted by Gasteiger charge is 2.35. The summed E-state index contributed by atoms with van der Waals surface area (Å²) in [5.41, 5.74) is 2.61. The van der Waals surface area contributed by atoms with Gasteiger partial charge in [-0.1, -0.05) is 189 Å². The number of nitrogens with zero attached hydrogens (tertiary/aromatic N) is 4. The molecule has 0 saturated heterocycles. The molecule has 3 aromatic rings. The lowest BCUT2D eigenvalue weighted by atomic mass is 9.75. The van der Waals surface area contributed by atoms with Gasteiger partial charge in [-0.3, -0.25) is 9.59 Å². The summed E-state index contributed by atoms with van der Waals surface area (Å²) >= 11 is 0. The number of nitrogens with one attached hydrogen (secondary N) is 2. The van der Waals surface area contributed by atoms with E-state index in [9.17, 15) is 29.4 Å². The van der Waals surface area contributed by atoms with E-state index in [2.05, 4.69) is 93.4 Å². The molecule has 0 heterocycles. The zero-order chi connectivity index (χ0) is 60.0. The largest absolute Gasteiger partial charge is 0.510 e. The van der Waals surface area contributed by atoms with E-state index in [-0.39, 0.29) is 46.4 Å². The number of carbonyl (C=O) groups is 4. The van der Waals surface area contributed by atoms with Crippen molar-refractivity contribution in [3.63, 3.8) is 0 Å². The summed E-state index contributed by atoms with van der Waals surface area (Å²) in [5.74, 6) is 0.437. The molecule has 2 amide bonds. The SMILES string of the molecule is CCCCC(CC)CNC(=O)C(N=Nc1ccccc1C(=O)OC1CC(C)CCC1C(C)C)=C(C)O.CCCCCCCCCCCCc1ccc(NC(=O)C(N=Nc2ccccc2C(=O)OC2CC(C)CCC2C(C)C)=C(C)O)cc1. The van der Waals surface area contributed by atoms with Crippen LogP contribution in [0.5, 0.6) is 0 Å². The average Bonchev–Trinajstić information content (AvgIpc) is 3.61. The van der Waals surface area contributed by atoms with Crippen LogP contribution in [-0.2, 0) is 25.5 Å². The monoisotopic (exact) mass is 1130 g/mol. The number of anilines is 1. The molecule has 2 aliphatic rings. The second-order valence-electron chi connectivity index (χ2n) is 24.1. The fourth-order valence-electron chi connectivity index (χ4n) is 11.2. The van der Waals surface area contributed by atoms with Crippen LogP contribution >= 0.6 is 0 Å². The number of carbonyl (C=O) groups excluding carboxylic acids is 4. The van der Waals surface area contributed by atoms with Crippen molar-refractivity contribution in [2.75, 3.05) is 11.9 Å². The van der Waals surface area contributed by atoms with Gasteiger partial charge in [-0.15, -0.1) is 20.5 Å². The van der Waals surface area contributed by atoms with E-state index in [0.717, 1.165) is 77.0 Å². The van der Waals surface area contributed by atoms with Crippen LogP contribution < -0.4 is 10.6 Å². The molecule has 0 aromatic heterocycles. The molecule has 82 heavy (non-hydrogen) atoms. The van der Waals surface area contributed by atoms with Gasteiger partial charge in [0.25, 0.3) is 11.8 Å². The highest BCUT2D eigenvalue weighted by atomic mass is 16.5. The van der Waals surface area contributed by atoms with Gasteiger partial charge in [0.15, 0.2) is 11.4 Å². The van der Waals surface area contributed by atoms with Crippen molar-refractivity contribution in [1.82, 2.24) is 5.32 Å². The van der Waals surface area contributed by atoms with Gasteiger partial charge in [0.05, 0.1) is 11.1 Å². The molecule has 0 aliphatic heterocycles. The van der Waals surface area contributed by atoms with Crippen LogP contribution in [0.25, 0.3) is 0 Å². The molecule has 0 spiro atoms. The standard InChI is InChI=1S/C39H57N3O4.C29H45N3O4/c1-6-7-8-9-10-11-12-13-14-15-18-31-22-24-32(25-23-31)40-38(44)37(30(5)43)42-41-35-20-17-16-19-34(35)39(45)46-36-27-29(4)21-26-33(36)28(2)3;1-7-9-12-22(8-2)18-30-28(34)27(21(6)33)32-31-25-14-11-10-13-24(25)29(35)36-26-17-20(5)15-16-23(26)19(3)4/h16-17,19-20,22-25,28-29,33,36,43H,6-15,18,21,26-27H2,1-5H3,(H,40,44);10-11,13-14,19-20,22-23,26,33H,7-9,12,15-18H2,1-6H3,(H,30,34). The number of azo groups is 2. The number of esters is 2. The minimum Gasteiger partial charge on any atom is -0.510 e. The van der Waals surface area contributed by atoms with E-state index in [1.54, 1.807) is 48.5 Å². The first kappa shape index (κ1) is 68.3. The molecule has 7 atom stereocenters. The highest BCUT2D eigenvalue weighted by Crippen LogP contribution is 2.38. The Hall–Kier alpha value is -6.18. The first-order valence-corrected chi connectivity index (χ1v) is 31.3. The normalized spacial score (nSPS) is 20.2. The highest BCUT2D eigenvalue weighted by molar-refractivity contribution is 6.03. The summed E-state index contributed by atoms with van der Waals surface area (Å²) in [6.07, 6.45) is 24.2. The summed E-state index contributed by atoms with van der Waals surface area (Å²) < 4.78 is 12.0. The van der Waals surface area contributed by atoms with Crippen LogP contribution in [-0.4, -0.2) is 52.7 Å². The van der Waals surface area contributed by atoms with E-state index < -0.39 is 23.8 Å². The van der Waals surface area contributed by atoms with Gasteiger partial charge >= 0.3 is 11.9 Å². The summed E-state index contributed by atoms with van der Waals surface area (Å²) in [4.78, 5) is 52.3. The first-order chi connectivity index (χ1) is 39.4. The number of rotatable bonds is 30. The van der Waals surface area contributed by atoms with Gasteiger partial charge in [-0.25, -0.2) is 9.59 Å². The summed E-state index contributed by atoms with van der Waals surface area (Å²) in [6.45, 7) is 22.9. The predicted molar refractivity (Wildman–Crippen MR) is 331 cm³/mol. The molecule has 0 radical (unpaired) electrons. The smallest absolute Gasteiger partial charge is 0.340 e. The minimum atomic E-state index is -0.581. The molecule has 5 rings (SSSR count). The Labute approximate surface area is 492 Å². The van der Waals surface area contributed by atoms with Crippen LogP contribution in [0.4, 0.5) is 17.1 Å². The van der Waals surface area contributed by atoms with Crippen molar-refractivity contribution in [3.8, 4) is 0 Å². The average molecular weight is 1130 g/mol. The van der Waals surface area contributed by atoms with E-state index >= 15 is 0 Å². The third-order valence-corrected chi connectivity index (χ3v) is 16.4. The second-order valence-corrected chi connectivity index (χ2v) is 24.1. The molecule has 0 bridgehead atoms. The van der Waals surface area contributed by atoms with Crippen LogP contribution in [0, 0.1) is 41.4 Å². The molecule has 14 heteroatoms. The van der Waals surface area contributed by atoms with Gasteiger partial charge in [0.2, 0.25) is 0 Å². The Morgan fingerprint density at radius 1 is 0.573 bits per heavy atom. The molecule has 14 nitrogen and oxygen atoms in total. The van der Waals surface area contributed by atoms with Crippen molar-refractivity contribution in [2.45, 2.75) is 223 Å². The molecule has 2 saturated carbocycles. The second kappa shape index (κ2) is 37.1. The third kappa shape index (κ3) is 23.6. The van der Waals surface area contributed by atoms with E-state index in [1.807, 2.05) is 24.3 Å². The Morgan fingerprint density at radius 2 is 1.01 bits per heavy atom. The quantitative estimate of drug-likeness (QED) is 0.0166. The first-order valence-electron chi connectivity index (χ1n) is 31.3. The summed E-state index contributed by atoms with van der Waals surface area (Å²) in [6, 6.07) is 21.4. The van der Waals surface area contributed by atoms with Crippen LogP contribution in [0.3, 0.4) is 0 Å². The number of aliphatic hydroxyl groups is 2. The predicted octanol–water partition coefficient (Wildman–Crippen LogP) is 18.8. The van der Waals surface area contributed by atoms with Crippen LogP contribution in [0.2, 0.25) is 0 Å². The maximum absolute atomic E-state index is 13.3. The lowest BCUT2D eigenvalue weighted by Crippen LogP contribution is -2.35. The maximum atomic E-state index is 13.3. The molecular formula is C68H102N6O8. The van der Waals surface area contributed by atoms with E-state index in [1.165, 1.54) is 77.2 Å². The number of hydrogen-bond donors (Lipinski definition) is 4. The number of hydrogen-bond acceptors (Lipinski definition) is 12. The summed E-state index contributed by atoms with van der Waals surface area (Å²) in [7, 11) is 0. The number of allylic oxidation sites excluding steroid dienone is 2. The number of unbranched alkanes of at least 4 members (excludes halogenated alkanes) is 10. The van der Waals surface area contributed by atoms with Crippen molar-refractivity contribution >= 4 is 40.8 Å². The number of aryl methyl sites for hydroxylation is 1. The topological polar surface area (TPSA) is 201 Å². The maximum Gasteiger partial charge on any atom is 0.340 e. The molecule has 7 unspecified atom stereocenters. The molecule has 3 aromatic carbocycles. The van der Waals surface area contributed by atoms with E-state index in [0.29, 0.717) is 64.9 Å². The zero-order valence-corrected chi connectivity index (χ0v) is 51.8. The lowest BCUT2D eigenvalue weighted by molar-refractivity contribution is -0.118. The van der Waals surface area contributed by atoms with Crippen molar-refractivity contribution in [3.05, 3.63) is 112 Å². The van der Waals surface area contributed by atoms with Gasteiger partial charge in [-0.05, 0) is 142 Å². The van der Waals surface area contributed by atoms with Gasteiger partial charge in [0, 0.05) is 12.2 Å². The fraction of sp³-hybridized carbons (Fsp3) is 0.618. The number of benzene rings is 3. The molecule has 4 N–H and O–H groups in total. The van der Waals surface area contributed by atoms with Crippen molar-refractivity contribution < 1.29 is 38.9 Å². The Kier molecular flexibility index (Phi) is 30.9. The van der Waals surface area contributed by atoms with Crippen molar-refractivity contribution in [1.29, 1.82) is 0 Å². The number of amides is 2. The Bertz CT molecular complexity index is 2540. The van der Waals surface area contributed by atoms with Crippen molar-refractivity contribution in [2.24, 2.45) is 61.9 Å².